The summed E-state index contributed by atoms with van der Waals surface area (Å²) in [5.41, 5.74) is 1.25. The molecule has 0 aliphatic heterocycles. The molecule has 0 atom stereocenters. The second-order valence-electron chi connectivity index (χ2n) is 7.06. The molecular formula is C20H23ClFNO3. The van der Waals surface area contributed by atoms with Crippen LogP contribution < -0.4 is 10.1 Å². The SMILES string of the molecule is CC(C)(C)c1ccc(OCCCC(=O)Nc2cc(Cl)c(O)cc2F)cc1. The summed E-state index contributed by atoms with van der Waals surface area (Å²) in [5, 5.41) is 11.7. The van der Waals surface area contributed by atoms with Gasteiger partial charge in [-0.05, 0) is 35.6 Å². The Bertz CT molecular complexity index is 770. The third kappa shape index (κ3) is 5.63. The van der Waals surface area contributed by atoms with Gasteiger partial charge < -0.3 is 15.2 Å². The average Bonchev–Trinajstić information content (AvgIpc) is 2.56. The molecule has 0 heterocycles. The minimum absolute atomic E-state index is 0.0243. The van der Waals surface area contributed by atoms with Crippen molar-refractivity contribution < 1.29 is 19.0 Å². The Morgan fingerprint density at radius 1 is 1.23 bits per heavy atom. The predicted octanol–water partition coefficient (Wildman–Crippen LogP) is 5.28. The fourth-order valence-electron chi connectivity index (χ4n) is 2.32. The van der Waals surface area contributed by atoms with Crippen LogP contribution in [-0.2, 0) is 10.2 Å². The quantitative estimate of drug-likeness (QED) is 0.530. The van der Waals surface area contributed by atoms with E-state index in [9.17, 15) is 14.3 Å². The topological polar surface area (TPSA) is 58.6 Å². The Balaban J connectivity index is 1.78. The summed E-state index contributed by atoms with van der Waals surface area (Å²) in [6.07, 6.45) is 0.665. The lowest BCUT2D eigenvalue weighted by Gasteiger charge is -2.19. The maximum Gasteiger partial charge on any atom is 0.224 e. The van der Waals surface area contributed by atoms with Crippen LogP contribution >= 0.6 is 11.6 Å². The summed E-state index contributed by atoms with van der Waals surface area (Å²) in [6.45, 7) is 6.81. The van der Waals surface area contributed by atoms with Gasteiger partial charge >= 0.3 is 0 Å². The highest BCUT2D eigenvalue weighted by molar-refractivity contribution is 6.32. The molecule has 0 bridgehead atoms. The van der Waals surface area contributed by atoms with Crippen LogP contribution in [0.4, 0.5) is 10.1 Å². The van der Waals surface area contributed by atoms with E-state index in [1.54, 1.807) is 0 Å². The van der Waals surface area contributed by atoms with Gasteiger partial charge in [0.1, 0.15) is 17.3 Å². The largest absolute Gasteiger partial charge is 0.506 e. The normalized spacial score (nSPS) is 11.3. The van der Waals surface area contributed by atoms with Crippen LogP contribution in [0, 0.1) is 5.82 Å². The highest BCUT2D eigenvalue weighted by Crippen LogP contribution is 2.29. The number of carbonyl (C=O) groups excluding carboxylic acids is 1. The molecule has 0 radical (unpaired) electrons. The van der Waals surface area contributed by atoms with E-state index in [-0.39, 0.29) is 34.2 Å². The summed E-state index contributed by atoms with van der Waals surface area (Å²) in [7, 11) is 0. The molecule has 0 aliphatic carbocycles. The number of hydrogen-bond donors (Lipinski definition) is 2. The van der Waals surface area contributed by atoms with Crippen molar-refractivity contribution in [1.82, 2.24) is 0 Å². The van der Waals surface area contributed by atoms with Gasteiger partial charge in [-0.2, -0.15) is 0 Å². The Morgan fingerprint density at radius 3 is 2.50 bits per heavy atom. The molecule has 26 heavy (non-hydrogen) atoms. The maximum absolute atomic E-state index is 13.7. The summed E-state index contributed by atoms with van der Waals surface area (Å²) < 4.78 is 19.3. The molecule has 0 spiro atoms. The fraction of sp³-hybridized carbons (Fsp3) is 0.350. The number of hydrogen-bond acceptors (Lipinski definition) is 3. The summed E-state index contributed by atoms with van der Waals surface area (Å²) >= 11 is 5.72. The monoisotopic (exact) mass is 379 g/mol. The molecule has 2 N–H and O–H groups in total. The van der Waals surface area contributed by atoms with Gasteiger partial charge in [0.15, 0.2) is 0 Å². The number of carbonyl (C=O) groups is 1. The zero-order valence-corrected chi connectivity index (χ0v) is 15.9. The number of phenolic OH excluding ortho intramolecular Hbond substituents is 1. The minimum atomic E-state index is -0.740. The van der Waals surface area contributed by atoms with Gasteiger partial charge in [0.25, 0.3) is 0 Å². The molecular weight excluding hydrogens is 357 g/mol. The van der Waals surface area contributed by atoms with E-state index in [4.69, 9.17) is 16.3 Å². The zero-order valence-electron chi connectivity index (χ0n) is 15.1. The molecule has 4 nitrogen and oxygen atoms in total. The smallest absolute Gasteiger partial charge is 0.224 e. The lowest BCUT2D eigenvalue weighted by atomic mass is 9.87. The van der Waals surface area contributed by atoms with Crippen LogP contribution in [0.15, 0.2) is 36.4 Å². The summed E-state index contributed by atoms with van der Waals surface area (Å²) in [5.74, 6) is -0.712. The molecule has 2 aromatic rings. The van der Waals surface area contributed by atoms with E-state index in [1.807, 2.05) is 24.3 Å². The van der Waals surface area contributed by atoms with Gasteiger partial charge in [-0.15, -0.1) is 0 Å². The third-order valence-corrected chi connectivity index (χ3v) is 4.15. The van der Waals surface area contributed by atoms with E-state index >= 15 is 0 Å². The molecule has 2 aromatic carbocycles. The van der Waals surface area contributed by atoms with Crippen LogP contribution in [0.25, 0.3) is 0 Å². The predicted molar refractivity (Wildman–Crippen MR) is 102 cm³/mol. The van der Waals surface area contributed by atoms with Crippen molar-refractivity contribution in [2.45, 2.75) is 39.0 Å². The average molecular weight is 380 g/mol. The molecule has 140 valence electrons. The maximum atomic E-state index is 13.7. The van der Waals surface area contributed by atoms with Crippen molar-refractivity contribution in [1.29, 1.82) is 0 Å². The van der Waals surface area contributed by atoms with Crippen molar-refractivity contribution >= 4 is 23.2 Å². The Morgan fingerprint density at radius 2 is 1.88 bits per heavy atom. The number of aromatic hydroxyl groups is 1. The van der Waals surface area contributed by atoms with Gasteiger partial charge in [-0.25, -0.2) is 4.39 Å². The van der Waals surface area contributed by atoms with Crippen molar-refractivity contribution in [2.24, 2.45) is 0 Å². The van der Waals surface area contributed by atoms with Gasteiger partial charge in [-0.3, -0.25) is 4.79 Å². The first-order valence-electron chi connectivity index (χ1n) is 8.38. The van der Waals surface area contributed by atoms with Crippen LogP contribution in [0.2, 0.25) is 5.02 Å². The second-order valence-corrected chi connectivity index (χ2v) is 7.47. The van der Waals surface area contributed by atoms with Gasteiger partial charge in [0.2, 0.25) is 5.91 Å². The number of ether oxygens (including phenoxy) is 1. The number of amides is 1. The van der Waals surface area contributed by atoms with Gasteiger partial charge in [0.05, 0.1) is 17.3 Å². The minimum Gasteiger partial charge on any atom is -0.506 e. The van der Waals surface area contributed by atoms with Gasteiger partial charge in [-0.1, -0.05) is 44.5 Å². The highest BCUT2D eigenvalue weighted by Gasteiger charge is 2.13. The highest BCUT2D eigenvalue weighted by atomic mass is 35.5. The summed E-state index contributed by atoms with van der Waals surface area (Å²) in [4.78, 5) is 11.9. The van der Waals surface area contributed by atoms with Gasteiger partial charge in [0, 0.05) is 12.5 Å². The van der Waals surface area contributed by atoms with Crippen molar-refractivity contribution in [2.75, 3.05) is 11.9 Å². The molecule has 2 rings (SSSR count). The standard InChI is InChI=1S/C20H23ClFNO3/c1-20(2,3)13-6-8-14(9-7-13)26-10-4-5-19(25)23-17-11-15(21)18(24)12-16(17)22/h6-9,11-12,24H,4-5,10H2,1-3H3,(H,23,25). The molecule has 0 saturated carbocycles. The van der Waals surface area contributed by atoms with Crippen molar-refractivity contribution in [3.05, 3.63) is 52.8 Å². The molecule has 0 unspecified atom stereocenters. The van der Waals surface area contributed by atoms with E-state index in [1.165, 1.54) is 11.6 Å². The summed E-state index contributed by atoms with van der Waals surface area (Å²) in [6, 6.07) is 9.92. The third-order valence-electron chi connectivity index (χ3n) is 3.85. The molecule has 0 aromatic heterocycles. The molecule has 0 saturated heterocycles. The van der Waals surface area contributed by atoms with Crippen molar-refractivity contribution in [3.63, 3.8) is 0 Å². The second kappa shape index (κ2) is 8.41. The van der Waals surface area contributed by atoms with E-state index in [2.05, 4.69) is 26.1 Å². The first-order valence-corrected chi connectivity index (χ1v) is 8.76. The van der Waals surface area contributed by atoms with Crippen molar-refractivity contribution in [3.8, 4) is 11.5 Å². The van der Waals surface area contributed by atoms with Crippen LogP contribution in [-0.4, -0.2) is 17.6 Å². The first-order chi connectivity index (χ1) is 12.2. The first kappa shape index (κ1) is 20.0. The Kier molecular flexibility index (Phi) is 6.48. The molecule has 6 heteroatoms. The lowest BCUT2D eigenvalue weighted by Crippen LogP contribution is -2.14. The zero-order chi connectivity index (χ0) is 19.3. The fourth-order valence-corrected chi connectivity index (χ4v) is 2.48. The Labute approximate surface area is 157 Å². The van der Waals surface area contributed by atoms with Crippen LogP contribution in [0.5, 0.6) is 11.5 Å². The molecule has 0 aliphatic rings. The number of anilines is 1. The van der Waals surface area contributed by atoms with E-state index in [0.29, 0.717) is 13.0 Å². The molecule has 0 fully saturated rings. The number of benzene rings is 2. The number of rotatable bonds is 6. The Hall–Kier alpha value is -2.27. The van der Waals surface area contributed by atoms with Crippen LogP contribution in [0.3, 0.4) is 0 Å². The number of nitrogens with one attached hydrogen (secondary N) is 1. The molecule has 1 amide bonds. The van der Waals surface area contributed by atoms with E-state index in [0.717, 1.165) is 11.8 Å². The number of halogens is 2. The van der Waals surface area contributed by atoms with E-state index < -0.39 is 5.82 Å². The number of phenols is 1. The van der Waals surface area contributed by atoms with Crippen LogP contribution in [0.1, 0.15) is 39.2 Å². The lowest BCUT2D eigenvalue weighted by molar-refractivity contribution is -0.116.